The Labute approximate surface area is 158 Å². The van der Waals surface area contributed by atoms with Crippen molar-refractivity contribution in [3.63, 3.8) is 0 Å². The number of amides is 2. The summed E-state index contributed by atoms with van der Waals surface area (Å²) in [5.41, 5.74) is 2.87. The van der Waals surface area contributed by atoms with Crippen LogP contribution in [0.4, 0.5) is 11.4 Å². The maximum absolute atomic E-state index is 12.4. The van der Waals surface area contributed by atoms with Gasteiger partial charge in [0.1, 0.15) is 5.69 Å². The average Bonchev–Trinajstić information content (AvgIpc) is 3.31. The Kier molecular flexibility index (Phi) is 4.92. The SMILES string of the molecule is O=C(CC1CCCC1)Nc1ccc2[nH]c(C(=O)Nc3ccccc3)cc2c1. The first-order chi connectivity index (χ1) is 13.2. The fraction of sp³-hybridized carbons (Fsp3) is 0.273. The molecule has 1 heterocycles. The molecule has 138 valence electrons. The molecule has 1 aromatic heterocycles. The van der Waals surface area contributed by atoms with Gasteiger partial charge in [0.25, 0.3) is 5.91 Å². The van der Waals surface area contributed by atoms with E-state index in [0.29, 0.717) is 18.0 Å². The molecule has 0 atom stereocenters. The quantitative estimate of drug-likeness (QED) is 0.602. The number of H-pyrrole nitrogens is 1. The van der Waals surface area contributed by atoms with Crippen LogP contribution in [0.1, 0.15) is 42.6 Å². The number of rotatable bonds is 5. The first-order valence-corrected chi connectivity index (χ1v) is 9.46. The third-order valence-electron chi connectivity index (χ3n) is 5.13. The Balaban J connectivity index is 1.44. The molecular weight excluding hydrogens is 338 g/mol. The third-order valence-corrected chi connectivity index (χ3v) is 5.13. The van der Waals surface area contributed by atoms with Gasteiger partial charge in [-0.3, -0.25) is 9.59 Å². The van der Waals surface area contributed by atoms with Crippen LogP contribution in [0.3, 0.4) is 0 Å². The lowest BCUT2D eigenvalue weighted by Gasteiger charge is -2.09. The van der Waals surface area contributed by atoms with Gasteiger partial charge in [-0.25, -0.2) is 0 Å². The number of hydrogen-bond acceptors (Lipinski definition) is 2. The lowest BCUT2D eigenvalue weighted by Crippen LogP contribution is -2.14. The standard InChI is InChI=1S/C22H23N3O2/c26-21(12-15-6-4-5-7-15)23-18-10-11-19-16(13-18)14-20(25-19)22(27)24-17-8-2-1-3-9-17/h1-3,8-11,13-15,25H,4-7,12H2,(H,23,26)(H,24,27). The van der Waals surface area contributed by atoms with Gasteiger partial charge in [-0.2, -0.15) is 0 Å². The van der Waals surface area contributed by atoms with Crippen molar-refractivity contribution in [2.75, 3.05) is 10.6 Å². The van der Waals surface area contributed by atoms with Crippen molar-refractivity contribution in [1.29, 1.82) is 0 Å². The second-order valence-corrected chi connectivity index (χ2v) is 7.21. The Morgan fingerprint density at radius 3 is 2.48 bits per heavy atom. The van der Waals surface area contributed by atoms with E-state index in [4.69, 9.17) is 0 Å². The molecular formula is C22H23N3O2. The second-order valence-electron chi connectivity index (χ2n) is 7.21. The third kappa shape index (κ3) is 4.19. The zero-order chi connectivity index (χ0) is 18.6. The van der Waals surface area contributed by atoms with Crippen LogP contribution in [0, 0.1) is 5.92 Å². The normalized spacial score (nSPS) is 14.4. The largest absolute Gasteiger partial charge is 0.351 e. The van der Waals surface area contributed by atoms with Crippen molar-refractivity contribution in [1.82, 2.24) is 4.98 Å². The number of anilines is 2. The summed E-state index contributed by atoms with van der Waals surface area (Å²) in [7, 11) is 0. The van der Waals surface area contributed by atoms with E-state index in [9.17, 15) is 9.59 Å². The van der Waals surface area contributed by atoms with Gasteiger partial charge in [-0.15, -0.1) is 0 Å². The number of aromatic amines is 1. The summed E-state index contributed by atoms with van der Waals surface area (Å²) in [6, 6.07) is 16.8. The number of para-hydroxylation sites is 1. The number of aromatic nitrogens is 1. The van der Waals surface area contributed by atoms with E-state index in [2.05, 4.69) is 15.6 Å². The lowest BCUT2D eigenvalue weighted by atomic mass is 10.0. The zero-order valence-electron chi connectivity index (χ0n) is 15.1. The molecule has 1 fully saturated rings. The molecule has 4 rings (SSSR count). The highest BCUT2D eigenvalue weighted by Crippen LogP contribution is 2.28. The van der Waals surface area contributed by atoms with E-state index in [-0.39, 0.29) is 11.8 Å². The summed E-state index contributed by atoms with van der Waals surface area (Å²) in [6.45, 7) is 0. The molecule has 0 radical (unpaired) electrons. The van der Waals surface area contributed by atoms with Gasteiger partial charge < -0.3 is 15.6 Å². The Morgan fingerprint density at radius 2 is 1.70 bits per heavy atom. The molecule has 0 spiro atoms. The van der Waals surface area contributed by atoms with Crippen molar-refractivity contribution >= 4 is 34.1 Å². The maximum atomic E-state index is 12.4. The van der Waals surface area contributed by atoms with Crippen molar-refractivity contribution < 1.29 is 9.59 Å². The van der Waals surface area contributed by atoms with Crippen LogP contribution in [0.5, 0.6) is 0 Å². The van der Waals surface area contributed by atoms with Crippen LogP contribution in [0.25, 0.3) is 10.9 Å². The molecule has 0 saturated heterocycles. The highest BCUT2D eigenvalue weighted by atomic mass is 16.2. The molecule has 0 unspecified atom stereocenters. The van der Waals surface area contributed by atoms with E-state index in [1.54, 1.807) is 6.07 Å². The zero-order valence-corrected chi connectivity index (χ0v) is 15.1. The number of carbonyl (C=O) groups excluding carboxylic acids is 2. The highest BCUT2D eigenvalue weighted by Gasteiger charge is 2.18. The number of nitrogens with one attached hydrogen (secondary N) is 3. The summed E-state index contributed by atoms with van der Waals surface area (Å²) in [5.74, 6) is 0.400. The summed E-state index contributed by atoms with van der Waals surface area (Å²) in [5, 5.41) is 6.75. The first-order valence-electron chi connectivity index (χ1n) is 9.46. The minimum atomic E-state index is -0.191. The number of hydrogen-bond donors (Lipinski definition) is 3. The van der Waals surface area contributed by atoms with Gasteiger partial charge in [-0.05, 0) is 55.2 Å². The van der Waals surface area contributed by atoms with Gasteiger partial charge in [0, 0.05) is 28.7 Å². The van der Waals surface area contributed by atoms with Crippen LogP contribution in [0.2, 0.25) is 0 Å². The van der Waals surface area contributed by atoms with Gasteiger partial charge in [0.15, 0.2) is 0 Å². The molecule has 2 aromatic carbocycles. The van der Waals surface area contributed by atoms with Gasteiger partial charge >= 0.3 is 0 Å². The van der Waals surface area contributed by atoms with E-state index < -0.39 is 0 Å². The predicted molar refractivity (Wildman–Crippen MR) is 108 cm³/mol. The molecule has 1 aliphatic rings. The van der Waals surface area contributed by atoms with E-state index in [1.165, 1.54) is 12.8 Å². The fourth-order valence-electron chi connectivity index (χ4n) is 3.74. The highest BCUT2D eigenvalue weighted by molar-refractivity contribution is 6.06. The summed E-state index contributed by atoms with van der Waals surface area (Å²) in [4.78, 5) is 27.8. The molecule has 3 aromatic rings. The van der Waals surface area contributed by atoms with E-state index in [0.717, 1.165) is 35.1 Å². The maximum Gasteiger partial charge on any atom is 0.272 e. The van der Waals surface area contributed by atoms with Crippen LogP contribution in [-0.2, 0) is 4.79 Å². The molecule has 5 nitrogen and oxygen atoms in total. The van der Waals surface area contributed by atoms with Gasteiger partial charge in [0.05, 0.1) is 0 Å². The van der Waals surface area contributed by atoms with Crippen LogP contribution in [0.15, 0.2) is 54.6 Å². The second kappa shape index (κ2) is 7.66. The topological polar surface area (TPSA) is 74.0 Å². The Morgan fingerprint density at radius 1 is 0.926 bits per heavy atom. The molecule has 2 amide bonds. The molecule has 27 heavy (non-hydrogen) atoms. The minimum absolute atomic E-state index is 0.0684. The lowest BCUT2D eigenvalue weighted by molar-refractivity contribution is -0.117. The number of carbonyl (C=O) groups is 2. The van der Waals surface area contributed by atoms with E-state index >= 15 is 0 Å². The van der Waals surface area contributed by atoms with Gasteiger partial charge in [-0.1, -0.05) is 31.0 Å². The fourth-order valence-corrected chi connectivity index (χ4v) is 3.74. The van der Waals surface area contributed by atoms with Gasteiger partial charge in [0.2, 0.25) is 5.91 Å². The van der Waals surface area contributed by atoms with Crippen molar-refractivity contribution in [3.05, 3.63) is 60.3 Å². The summed E-state index contributed by atoms with van der Waals surface area (Å²) >= 11 is 0. The smallest absolute Gasteiger partial charge is 0.272 e. The molecule has 0 aliphatic heterocycles. The van der Waals surface area contributed by atoms with Crippen LogP contribution < -0.4 is 10.6 Å². The Hall–Kier alpha value is -3.08. The van der Waals surface area contributed by atoms with Crippen molar-refractivity contribution in [2.45, 2.75) is 32.1 Å². The molecule has 3 N–H and O–H groups in total. The molecule has 1 saturated carbocycles. The Bertz CT molecular complexity index is 956. The predicted octanol–water partition coefficient (Wildman–Crippen LogP) is 4.94. The number of benzene rings is 2. The first kappa shape index (κ1) is 17.3. The molecule has 0 bridgehead atoms. The van der Waals surface area contributed by atoms with Crippen LogP contribution in [-0.4, -0.2) is 16.8 Å². The van der Waals surface area contributed by atoms with E-state index in [1.807, 2.05) is 48.5 Å². The van der Waals surface area contributed by atoms with Crippen LogP contribution >= 0.6 is 0 Å². The number of fused-ring (bicyclic) bond motifs is 1. The minimum Gasteiger partial charge on any atom is -0.351 e. The molecule has 5 heteroatoms. The molecule has 1 aliphatic carbocycles. The van der Waals surface area contributed by atoms with Crippen molar-refractivity contribution in [2.24, 2.45) is 5.92 Å². The summed E-state index contributed by atoms with van der Waals surface area (Å²) < 4.78 is 0. The summed E-state index contributed by atoms with van der Waals surface area (Å²) in [6.07, 6.45) is 5.38. The average molecular weight is 361 g/mol. The monoisotopic (exact) mass is 361 g/mol. The van der Waals surface area contributed by atoms with Crippen molar-refractivity contribution in [3.8, 4) is 0 Å².